The van der Waals surface area contributed by atoms with E-state index in [2.05, 4.69) is 24.2 Å². The zero-order chi connectivity index (χ0) is 21.0. The lowest BCUT2D eigenvalue weighted by molar-refractivity contribution is -0.141. The SMILES string of the molecule is CC(C)CCN1C(SCC(=O)OCc2ccccc2)=NC2C1C(=O)NC(=O)N2C. The highest BCUT2D eigenvalue weighted by molar-refractivity contribution is 8.14. The summed E-state index contributed by atoms with van der Waals surface area (Å²) in [6.45, 7) is 5.05. The number of rotatable bonds is 7. The summed E-state index contributed by atoms with van der Waals surface area (Å²) in [5.74, 6) is -0.174. The Bertz CT molecular complexity index is 799. The number of amidine groups is 1. The van der Waals surface area contributed by atoms with E-state index < -0.39 is 18.2 Å². The summed E-state index contributed by atoms with van der Waals surface area (Å²) in [6.07, 6.45) is 0.290. The molecule has 29 heavy (non-hydrogen) atoms. The molecule has 1 fully saturated rings. The van der Waals surface area contributed by atoms with Crippen LogP contribution in [0.5, 0.6) is 0 Å². The highest BCUT2D eigenvalue weighted by Gasteiger charge is 2.48. The molecule has 1 aromatic carbocycles. The minimum Gasteiger partial charge on any atom is -0.460 e. The van der Waals surface area contributed by atoms with Crippen molar-refractivity contribution < 1.29 is 19.1 Å². The van der Waals surface area contributed by atoms with Crippen LogP contribution in [0.4, 0.5) is 4.79 Å². The second-order valence-corrected chi connectivity index (χ2v) is 8.43. The molecule has 2 aliphatic rings. The zero-order valence-corrected chi connectivity index (χ0v) is 17.6. The molecule has 0 spiro atoms. The summed E-state index contributed by atoms with van der Waals surface area (Å²) in [5.41, 5.74) is 0.922. The van der Waals surface area contributed by atoms with Gasteiger partial charge in [0.05, 0.1) is 5.75 Å². The fourth-order valence-electron chi connectivity index (χ4n) is 3.16. The molecular formula is C20H26N4O4S. The maximum Gasteiger partial charge on any atom is 0.325 e. The Morgan fingerprint density at radius 3 is 2.69 bits per heavy atom. The smallest absolute Gasteiger partial charge is 0.325 e. The monoisotopic (exact) mass is 418 g/mol. The number of carbonyl (C=O) groups is 3. The van der Waals surface area contributed by atoms with Crippen molar-refractivity contribution in [3.8, 4) is 0 Å². The van der Waals surface area contributed by atoms with E-state index in [9.17, 15) is 14.4 Å². The Kier molecular flexibility index (Phi) is 6.79. The highest BCUT2D eigenvalue weighted by Crippen LogP contribution is 2.29. The van der Waals surface area contributed by atoms with E-state index in [1.54, 1.807) is 7.05 Å². The van der Waals surface area contributed by atoms with Crippen molar-refractivity contribution in [1.82, 2.24) is 15.1 Å². The molecule has 8 nitrogen and oxygen atoms in total. The predicted octanol–water partition coefficient (Wildman–Crippen LogP) is 2.06. The van der Waals surface area contributed by atoms with Crippen LogP contribution in [0.2, 0.25) is 0 Å². The average molecular weight is 419 g/mol. The lowest BCUT2D eigenvalue weighted by Gasteiger charge is -2.36. The van der Waals surface area contributed by atoms with Crippen LogP contribution in [-0.4, -0.2) is 64.4 Å². The first-order valence-corrected chi connectivity index (χ1v) is 10.6. The van der Waals surface area contributed by atoms with Crippen LogP contribution in [0, 0.1) is 5.92 Å². The average Bonchev–Trinajstić information content (AvgIpc) is 3.07. The molecule has 2 aliphatic heterocycles. The number of nitrogens with one attached hydrogen (secondary N) is 1. The van der Waals surface area contributed by atoms with Crippen molar-refractivity contribution in [3.63, 3.8) is 0 Å². The second kappa shape index (κ2) is 9.30. The Labute approximate surface area is 174 Å². The zero-order valence-electron chi connectivity index (χ0n) is 16.8. The first kappa shape index (κ1) is 21.2. The number of urea groups is 1. The largest absolute Gasteiger partial charge is 0.460 e. The molecule has 2 unspecified atom stereocenters. The van der Waals surface area contributed by atoms with Crippen molar-refractivity contribution in [2.75, 3.05) is 19.3 Å². The lowest BCUT2D eigenvalue weighted by atomic mass is 10.1. The number of likely N-dealkylation sites (N-methyl/N-ethyl adjacent to an activating group) is 1. The number of ether oxygens (including phenoxy) is 1. The van der Waals surface area contributed by atoms with Crippen LogP contribution >= 0.6 is 11.8 Å². The van der Waals surface area contributed by atoms with Gasteiger partial charge in [0.15, 0.2) is 17.4 Å². The van der Waals surface area contributed by atoms with Crippen molar-refractivity contribution in [2.24, 2.45) is 10.9 Å². The topological polar surface area (TPSA) is 91.3 Å². The van der Waals surface area contributed by atoms with Gasteiger partial charge in [-0.05, 0) is 17.9 Å². The van der Waals surface area contributed by atoms with Gasteiger partial charge in [0.1, 0.15) is 6.61 Å². The standard InChI is InChI=1S/C20H26N4O4S/c1-13(2)9-10-24-16-17(23(3)19(27)22-18(16)26)21-20(24)29-12-15(25)28-11-14-7-5-4-6-8-14/h4-8,13,16-17H,9-12H2,1-3H3,(H,22,26,27). The Balaban J connectivity index is 1.64. The summed E-state index contributed by atoms with van der Waals surface area (Å²) in [5, 5.41) is 2.97. The molecule has 2 heterocycles. The molecule has 0 radical (unpaired) electrons. The van der Waals surface area contributed by atoms with Crippen molar-refractivity contribution in [2.45, 2.75) is 39.1 Å². The number of aliphatic imine (C=N–C) groups is 1. The summed E-state index contributed by atoms with van der Waals surface area (Å²) in [7, 11) is 1.62. The molecule has 0 bridgehead atoms. The third kappa shape index (κ3) is 5.09. The van der Waals surface area contributed by atoms with Crippen LogP contribution in [0.1, 0.15) is 25.8 Å². The van der Waals surface area contributed by atoms with E-state index in [0.717, 1.165) is 12.0 Å². The van der Waals surface area contributed by atoms with E-state index in [-0.39, 0.29) is 24.2 Å². The molecule has 1 N–H and O–H groups in total. The number of imide groups is 1. The van der Waals surface area contributed by atoms with Gasteiger partial charge in [0.25, 0.3) is 5.91 Å². The van der Waals surface area contributed by atoms with Gasteiger partial charge in [0, 0.05) is 13.6 Å². The van der Waals surface area contributed by atoms with E-state index >= 15 is 0 Å². The first-order valence-electron chi connectivity index (χ1n) is 9.61. The molecule has 3 rings (SSSR count). The first-order chi connectivity index (χ1) is 13.9. The van der Waals surface area contributed by atoms with Gasteiger partial charge >= 0.3 is 12.0 Å². The molecular weight excluding hydrogens is 392 g/mol. The number of nitrogens with zero attached hydrogens (tertiary/aromatic N) is 3. The van der Waals surface area contributed by atoms with E-state index in [1.807, 2.05) is 35.2 Å². The molecule has 1 aromatic rings. The number of thioether (sulfide) groups is 1. The summed E-state index contributed by atoms with van der Waals surface area (Å²) in [4.78, 5) is 44.5. The van der Waals surface area contributed by atoms with Gasteiger partial charge in [0.2, 0.25) is 0 Å². The summed E-state index contributed by atoms with van der Waals surface area (Å²) >= 11 is 1.24. The van der Waals surface area contributed by atoms with Crippen molar-refractivity contribution >= 4 is 34.8 Å². The van der Waals surface area contributed by atoms with Gasteiger partial charge in [-0.15, -0.1) is 0 Å². The van der Waals surface area contributed by atoms with Crippen LogP contribution < -0.4 is 5.32 Å². The quantitative estimate of drug-likeness (QED) is 0.682. The maximum atomic E-state index is 12.5. The van der Waals surface area contributed by atoms with Crippen molar-refractivity contribution in [1.29, 1.82) is 0 Å². The number of fused-ring (bicyclic) bond motifs is 1. The van der Waals surface area contributed by atoms with Gasteiger partial charge in [-0.3, -0.25) is 14.9 Å². The fourth-order valence-corrected chi connectivity index (χ4v) is 4.04. The molecule has 9 heteroatoms. The Morgan fingerprint density at radius 2 is 2.00 bits per heavy atom. The number of amides is 3. The molecule has 0 aliphatic carbocycles. The normalized spacial score (nSPS) is 21.2. The van der Waals surface area contributed by atoms with Gasteiger partial charge < -0.3 is 14.5 Å². The van der Waals surface area contributed by atoms with E-state index in [0.29, 0.717) is 17.6 Å². The fraction of sp³-hybridized carbons (Fsp3) is 0.500. The highest BCUT2D eigenvalue weighted by atomic mass is 32.2. The number of hydrogen-bond acceptors (Lipinski definition) is 7. The van der Waals surface area contributed by atoms with Crippen LogP contribution in [0.15, 0.2) is 35.3 Å². The molecule has 2 atom stereocenters. The Hall–Kier alpha value is -2.55. The van der Waals surface area contributed by atoms with Gasteiger partial charge in [-0.1, -0.05) is 55.9 Å². The Morgan fingerprint density at radius 1 is 1.28 bits per heavy atom. The van der Waals surface area contributed by atoms with E-state index in [1.165, 1.54) is 16.7 Å². The van der Waals surface area contributed by atoms with Crippen LogP contribution in [0.25, 0.3) is 0 Å². The van der Waals surface area contributed by atoms with Crippen LogP contribution in [0.3, 0.4) is 0 Å². The predicted molar refractivity (Wildman–Crippen MR) is 111 cm³/mol. The van der Waals surface area contributed by atoms with E-state index in [4.69, 9.17) is 4.74 Å². The molecule has 0 aromatic heterocycles. The number of hydrogen-bond donors (Lipinski definition) is 1. The third-order valence-electron chi connectivity index (χ3n) is 4.83. The molecule has 0 saturated carbocycles. The van der Waals surface area contributed by atoms with Gasteiger partial charge in [-0.2, -0.15) is 0 Å². The van der Waals surface area contributed by atoms with Crippen LogP contribution in [-0.2, 0) is 20.9 Å². The number of carbonyl (C=O) groups excluding carboxylic acids is 3. The molecule has 1 saturated heterocycles. The summed E-state index contributed by atoms with van der Waals surface area (Å²) < 4.78 is 5.32. The summed E-state index contributed by atoms with van der Waals surface area (Å²) in [6, 6.07) is 8.45. The number of esters is 1. The molecule has 3 amide bonds. The minimum absolute atomic E-state index is 0.0859. The lowest BCUT2D eigenvalue weighted by Crippen LogP contribution is -2.63. The maximum absolute atomic E-state index is 12.5. The second-order valence-electron chi connectivity index (χ2n) is 7.49. The number of benzene rings is 1. The minimum atomic E-state index is -0.578. The molecule has 156 valence electrons. The van der Waals surface area contributed by atoms with Crippen molar-refractivity contribution in [3.05, 3.63) is 35.9 Å². The van der Waals surface area contributed by atoms with Gasteiger partial charge in [-0.25, -0.2) is 9.79 Å². The third-order valence-corrected chi connectivity index (χ3v) is 5.81.